The summed E-state index contributed by atoms with van der Waals surface area (Å²) < 4.78 is 0.947. The van der Waals surface area contributed by atoms with Gasteiger partial charge in [0.2, 0.25) is 11.0 Å². The van der Waals surface area contributed by atoms with Crippen molar-refractivity contribution in [1.82, 2.24) is 4.73 Å². The van der Waals surface area contributed by atoms with E-state index in [1.165, 1.54) is 19.1 Å². The Bertz CT molecular complexity index is 577. The Balaban J connectivity index is 3.02. The molecular weight excluding hydrogens is 216 g/mol. The second kappa shape index (κ2) is 3.35. The highest BCUT2D eigenvalue weighted by Crippen LogP contribution is 2.29. The number of anilines is 1. The van der Waals surface area contributed by atoms with Gasteiger partial charge in [0.25, 0.3) is 5.82 Å². The van der Waals surface area contributed by atoms with Gasteiger partial charge in [-0.15, -0.1) is 4.91 Å². The molecule has 8 nitrogen and oxygen atoms in total. The number of aromatic nitrogens is 2. The van der Waals surface area contributed by atoms with Crippen LogP contribution in [0, 0.1) is 17.0 Å². The van der Waals surface area contributed by atoms with Crippen molar-refractivity contribution in [1.29, 1.82) is 0 Å². The molecule has 0 unspecified atom stereocenters. The molecule has 16 heavy (non-hydrogen) atoms. The van der Waals surface area contributed by atoms with E-state index in [2.05, 4.69) is 5.18 Å². The number of nitrogens with one attached hydrogen (secondary N) is 1. The zero-order chi connectivity index (χ0) is 11.9. The third-order valence-electron chi connectivity index (χ3n) is 2.36. The van der Waals surface area contributed by atoms with Crippen LogP contribution in [0.2, 0.25) is 0 Å². The Morgan fingerprint density at radius 1 is 1.56 bits per heavy atom. The molecule has 1 heterocycles. The molecular formula is C8H8N4O4. The minimum absolute atomic E-state index is 0.00731. The first kappa shape index (κ1) is 10.2. The van der Waals surface area contributed by atoms with Crippen LogP contribution in [0.3, 0.4) is 0 Å². The fraction of sp³-hybridized carbons (Fsp3) is 0.125. The van der Waals surface area contributed by atoms with Crippen molar-refractivity contribution < 1.29 is 15.1 Å². The van der Waals surface area contributed by atoms with Crippen LogP contribution >= 0.6 is 0 Å². The Labute approximate surface area is 88.8 Å². The van der Waals surface area contributed by atoms with Crippen LogP contribution in [0.15, 0.2) is 17.3 Å². The van der Waals surface area contributed by atoms with Crippen LogP contribution < -0.4 is 10.2 Å². The smallest absolute Gasteiger partial charge is 0.297 e. The number of hydrogen-bond acceptors (Lipinski definition) is 6. The lowest BCUT2D eigenvalue weighted by Gasteiger charge is -2.01. The number of imidazole rings is 1. The number of nitrogens with zero attached hydrogens (tertiary/aromatic N) is 3. The van der Waals surface area contributed by atoms with Crippen molar-refractivity contribution in [2.75, 3.05) is 5.48 Å². The van der Waals surface area contributed by atoms with Crippen molar-refractivity contribution >= 4 is 22.4 Å². The van der Waals surface area contributed by atoms with Gasteiger partial charge >= 0.3 is 0 Å². The molecule has 84 valence electrons. The molecule has 0 aliphatic carbocycles. The van der Waals surface area contributed by atoms with Crippen LogP contribution in [0.5, 0.6) is 0 Å². The van der Waals surface area contributed by atoms with E-state index in [1.807, 2.05) is 5.48 Å². The van der Waals surface area contributed by atoms with Crippen LogP contribution in [0.25, 0.3) is 11.0 Å². The topological polar surface area (TPSA) is 114 Å². The van der Waals surface area contributed by atoms with Gasteiger partial charge in [0.05, 0.1) is 0 Å². The van der Waals surface area contributed by atoms with Gasteiger partial charge in [-0.2, -0.15) is 0 Å². The minimum atomic E-state index is -0.111. The van der Waals surface area contributed by atoms with E-state index < -0.39 is 0 Å². The minimum Gasteiger partial charge on any atom is -0.710 e. The zero-order valence-electron chi connectivity index (χ0n) is 8.21. The fourth-order valence-corrected chi connectivity index (χ4v) is 1.56. The molecule has 0 aliphatic rings. The summed E-state index contributed by atoms with van der Waals surface area (Å²) in [7, 11) is 0. The molecule has 2 aromatic rings. The van der Waals surface area contributed by atoms with Gasteiger partial charge in [-0.05, 0) is 22.0 Å². The highest BCUT2D eigenvalue weighted by molar-refractivity contribution is 5.93. The first-order valence-corrected chi connectivity index (χ1v) is 4.32. The number of hydrogen-bond donors (Lipinski definition) is 3. The predicted octanol–water partition coefficient (Wildman–Crippen LogP) is 1.02. The Morgan fingerprint density at radius 2 is 2.25 bits per heavy atom. The van der Waals surface area contributed by atoms with Crippen molar-refractivity contribution in [2.45, 2.75) is 6.92 Å². The lowest BCUT2D eigenvalue weighted by molar-refractivity contribution is -0.587. The maximum absolute atomic E-state index is 11.6. The van der Waals surface area contributed by atoms with E-state index in [0.29, 0.717) is 9.46 Å². The lowest BCUT2D eigenvalue weighted by atomic mass is 10.2. The van der Waals surface area contributed by atoms with Crippen molar-refractivity contribution in [3.05, 3.63) is 28.1 Å². The number of rotatable bonds is 2. The molecule has 8 heteroatoms. The molecule has 0 bridgehead atoms. The first-order valence-electron chi connectivity index (χ1n) is 4.32. The van der Waals surface area contributed by atoms with Crippen LogP contribution in [-0.2, 0) is 0 Å². The summed E-state index contributed by atoms with van der Waals surface area (Å²) in [6.45, 7) is 1.36. The van der Waals surface area contributed by atoms with Crippen LogP contribution in [0.4, 0.5) is 11.4 Å². The summed E-state index contributed by atoms with van der Waals surface area (Å²) in [5.74, 6) is -0.0393. The average Bonchev–Trinajstić information content (AvgIpc) is 2.54. The van der Waals surface area contributed by atoms with E-state index >= 15 is 0 Å². The molecule has 3 N–H and O–H groups in total. The molecule has 0 fully saturated rings. The van der Waals surface area contributed by atoms with Gasteiger partial charge < -0.3 is 10.4 Å². The summed E-state index contributed by atoms with van der Waals surface area (Å²) >= 11 is 0. The van der Waals surface area contributed by atoms with Crippen LogP contribution in [-0.4, -0.2) is 15.1 Å². The highest BCUT2D eigenvalue weighted by Gasteiger charge is 2.24. The Kier molecular flexibility index (Phi) is 2.13. The quantitative estimate of drug-likeness (QED) is 0.231. The van der Waals surface area contributed by atoms with Gasteiger partial charge in [-0.3, -0.25) is 10.7 Å². The molecule has 0 spiro atoms. The monoisotopic (exact) mass is 224 g/mol. The van der Waals surface area contributed by atoms with Gasteiger partial charge in [0.15, 0.2) is 5.69 Å². The van der Waals surface area contributed by atoms with Crippen molar-refractivity contribution in [3.63, 3.8) is 0 Å². The Hall–Kier alpha value is -2.35. The Morgan fingerprint density at radius 3 is 2.81 bits per heavy atom. The van der Waals surface area contributed by atoms with Crippen LogP contribution in [0.1, 0.15) is 5.82 Å². The SMILES string of the molecule is Cc1n(O)c2c(NO)ccc(N=O)c2[n+]1[O-]. The molecule has 1 aromatic heterocycles. The number of benzene rings is 1. The number of nitroso groups, excluding NO2 is 1. The molecule has 0 saturated heterocycles. The summed E-state index contributed by atoms with van der Waals surface area (Å²) in [4.78, 5) is 10.5. The molecule has 2 rings (SSSR count). The normalized spacial score (nSPS) is 10.6. The number of fused-ring (bicyclic) bond motifs is 1. The van der Waals surface area contributed by atoms with Crippen molar-refractivity contribution in [2.24, 2.45) is 5.18 Å². The summed E-state index contributed by atoms with van der Waals surface area (Å²) in [6.07, 6.45) is 0. The average molecular weight is 224 g/mol. The second-order valence-corrected chi connectivity index (χ2v) is 3.19. The van der Waals surface area contributed by atoms with Gasteiger partial charge in [-0.1, -0.05) is 0 Å². The highest BCUT2D eigenvalue weighted by atomic mass is 16.5. The van der Waals surface area contributed by atoms with Gasteiger partial charge in [0, 0.05) is 6.92 Å². The maximum atomic E-state index is 11.6. The molecule has 0 radical (unpaired) electrons. The molecule has 0 aliphatic heterocycles. The molecule has 0 atom stereocenters. The molecule has 1 aromatic carbocycles. The summed E-state index contributed by atoms with van der Waals surface area (Å²) in [5.41, 5.74) is 1.70. The van der Waals surface area contributed by atoms with E-state index in [0.717, 1.165) is 0 Å². The summed E-state index contributed by atoms with van der Waals surface area (Å²) in [5, 5.41) is 32.8. The van der Waals surface area contributed by atoms with E-state index in [4.69, 9.17) is 5.21 Å². The maximum Gasteiger partial charge on any atom is 0.297 e. The van der Waals surface area contributed by atoms with E-state index in [9.17, 15) is 15.3 Å². The zero-order valence-corrected chi connectivity index (χ0v) is 8.21. The fourth-order valence-electron chi connectivity index (χ4n) is 1.56. The van der Waals surface area contributed by atoms with Gasteiger partial charge in [0.1, 0.15) is 5.69 Å². The third kappa shape index (κ3) is 1.10. The third-order valence-corrected chi connectivity index (χ3v) is 2.36. The first-order chi connectivity index (χ1) is 7.61. The van der Waals surface area contributed by atoms with Crippen molar-refractivity contribution in [3.8, 4) is 0 Å². The molecule has 0 saturated carbocycles. The second-order valence-electron chi connectivity index (χ2n) is 3.19. The standard InChI is InChI=1S/C8H8N4O4/c1-4-11(15)7-5(9-13)2-3-6(10-14)8(7)12(4)16/h2-3,9,13,15H,1H3. The van der Waals surface area contributed by atoms with E-state index in [1.54, 1.807) is 0 Å². The van der Waals surface area contributed by atoms with Gasteiger partial charge in [-0.25, -0.2) is 4.73 Å². The molecule has 0 amide bonds. The van der Waals surface area contributed by atoms with E-state index in [-0.39, 0.29) is 28.2 Å². The lowest BCUT2D eigenvalue weighted by Crippen LogP contribution is -2.28. The summed E-state index contributed by atoms with van der Waals surface area (Å²) in [6, 6.07) is 2.59. The largest absolute Gasteiger partial charge is 0.710 e. The predicted molar refractivity (Wildman–Crippen MR) is 53.7 cm³/mol.